The van der Waals surface area contributed by atoms with Gasteiger partial charge in [-0.05, 0) is 0 Å². The normalized spacial score (nSPS) is 12.1. The first kappa shape index (κ1) is 11.9. The number of hydrogen-bond donors (Lipinski definition) is 1. The van der Waals surface area contributed by atoms with Gasteiger partial charge in [0, 0.05) is 11.6 Å². The number of nitrogens with two attached hydrogens (primary N) is 1. The molecule has 0 saturated carbocycles. The van der Waals surface area contributed by atoms with Crippen LogP contribution in [0.25, 0.3) is 0 Å². The lowest BCUT2D eigenvalue weighted by Gasteiger charge is -2.06. The fourth-order valence-corrected chi connectivity index (χ4v) is 1.69. The summed E-state index contributed by atoms with van der Waals surface area (Å²) in [6.45, 7) is 0. The van der Waals surface area contributed by atoms with Gasteiger partial charge in [0.1, 0.15) is 4.90 Å². The van der Waals surface area contributed by atoms with E-state index in [0.717, 1.165) is 0 Å². The fourth-order valence-electron chi connectivity index (χ4n) is 0.934. The van der Waals surface area contributed by atoms with E-state index in [4.69, 9.17) is 0 Å². The maximum Gasteiger partial charge on any atom is 0.265 e. The Hall–Kier alpha value is -1.22. The number of sulfonamides is 1. The molecule has 0 radical (unpaired) electrons. The van der Waals surface area contributed by atoms with Crippen LogP contribution >= 0.6 is 0 Å². The van der Waals surface area contributed by atoms with Gasteiger partial charge in [-0.1, -0.05) is 0 Å². The minimum absolute atomic E-state index is 0.119. The smallest absolute Gasteiger partial charge is 0.224 e. The van der Waals surface area contributed by atoms with Crippen LogP contribution in [0.1, 0.15) is 12.0 Å². The summed E-state index contributed by atoms with van der Waals surface area (Å²) in [7, 11) is -4.71. The zero-order valence-electron chi connectivity index (χ0n) is 6.92. The van der Waals surface area contributed by atoms with E-state index in [-0.39, 0.29) is 6.07 Å². The molecule has 0 aliphatic carbocycles. The van der Waals surface area contributed by atoms with Crippen LogP contribution < -0.4 is 5.14 Å². The highest BCUT2D eigenvalue weighted by Crippen LogP contribution is 2.27. The van der Waals surface area contributed by atoms with E-state index < -0.39 is 38.8 Å². The standard InChI is InChI=1S/C6H4F4N2O2S/c7-3-1-2(5(8)9)4(6(10)12-3)15(11,13)14/h1,5H,(H2,11,13,14). The third-order valence-corrected chi connectivity index (χ3v) is 2.42. The van der Waals surface area contributed by atoms with Crippen LogP contribution in [0.2, 0.25) is 0 Å². The van der Waals surface area contributed by atoms with Gasteiger partial charge in [0.2, 0.25) is 21.9 Å². The van der Waals surface area contributed by atoms with Crippen LogP contribution in [0.5, 0.6) is 0 Å². The Morgan fingerprint density at radius 1 is 1.33 bits per heavy atom. The summed E-state index contributed by atoms with van der Waals surface area (Å²) < 4.78 is 71.2. The molecule has 0 aliphatic heterocycles. The molecule has 2 N–H and O–H groups in total. The topological polar surface area (TPSA) is 73.1 Å². The molecule has 0 amide bonds. The van der Waals surface area contributed by atoms with Crippen molar-refractivity contribution in [3.63, 3.8) is 0 Å². The number of hydrogen-bond acceptors (Lipinski definition) is 3. The quantitative estimate of drug-likeness (QED) is 0.621. The number of nitrogens with zero attached hydrogens (tertiary/aromatic N) is 1. The minimum atomic E-state index is -4.71. The summed E-state index contributed by atoms with van der Waals surface area (Å²) in [5.74, 6) is -3.43. The van der Waals surface area contributed by atoms with Crippen LogP contribution in [-0.4, -0.2) is 13.4 Å². The first-order valence-electron chi connectivity index (χ1n) is 3.40. The highest BCUT2D eigenvalue weighted by atomic mass is 32.2. The highest BCUT2D eigenvalue weighted by Gasteiger charge is 2.27. The number of halogens is 4. The second kappa shape index (κ2) is 3.74. The van der Waals surface area contributed by atoms with E-state index in [1.54, 1.807) is 0 Å². The van der Waals surface area contributed by atoms with Crippen molar-refractivity contribution in [3.05, 3.63) is 23.5 Å². The fraction of sp³-hybridized carbons (Fsp3) is 0.167. The van der Waals surface area contributed by atoms with Crippen molar-refractivity contribution in [2.45, 2.75) is 11.3 Å². The van der Waals surface area contributed by atoms with E-state index in [1.165, 1.54) is 0 Å². The Morgan fingerprint density at radius 3 is 2.27 bits per heavy atom. The Balaban J connectivity index is 3.62. The van der Waals surface area contributed by atoms with Crippen LogP contribution in [0, 0.1) is 11.9 Å². The van der Waals surface area contributed by atoms with Crippen LogP contribution in [-0.2, 0) is 10.0 Å². The van der Waals surface area contributed by atoms with E-state index in [2.05, 4.69) is 10.1 Å². The maximum atomic E-state index is 12.8. The molecule has 1 heterocycles. The molecule has 15 heavy (non-hydrogen) atoms. The molecule has 1 aromatic heterocycles. The van der Waals surface area contributed by atoms with Crippen molar-refractivity contribution in [1.29, 1.82) is 0 Å². The third-order valence-electron chi connectivity index (χ3n) is 1.45. The number of rotatable bonds is 2. The summed E-state index contributed by atoms with van der Waals surface area (Å²) in [6.07, 6.45) is -3.37. The van der Waals surface area contributed by atoms with E-state index in [9.17, 15) is 26.0 Å². The average Bonchev–Trinajstić information content (AvgIpc) is 1.99. The van der Waals surface area contributed by atoms with Crippen molar-refractivity contribution in [3.8, 4) is 0 Å². The molecule has 84 valence electrons. The lowest BCUT2D eigenvalue weighted by atomic mass is 10.3. The molecular weight excluding hydrogens is 240 g/mol. The number of aromatic nitrogens is 1. The highest BCUT2D eigenvalue weighted by molar-refractivity contribution is 7.89. The van der Waals surface area contributed by atoms with Gasteiger partial charge in [-0.2, -0.15) is 13.8 Å². The van der Waals surface area contributed by atoms with Crippen molar-refractivity contribution >= 4 is 10.0 Å². The van der Waals surface area contributed by atoms with Gasteiger partial charge in [-0.25, -0.2) is 22.3 Å². The maximum absolute atomic E-state index is 12.8. The first-order chi connectivity index (χ1) is 6.73. The molecule has 0 saturated heterocycles. The lowest BCUT2D eigenvalue weighted by Crippen LogP contribution is -2.18. The van der Waals surface area contributed by atoms with Gasteiger partial charge in [-0.3, -0.25) is 0 Å². The zero-order valence-corrected chi connectivity index (χ0v) is 7.73. The molecular formula is C6H4F4N2O2S. The van der Waals surface area contributed by atoms with Gasteiger partial charge < -0.3 is 0 Å². The molecule has 0 bridgehead atoms. The van der Waals surface area contributed by atoms with Crippen LogP contribution in [0.4, 0.5) is 17.6 Å². The third kappa shape index (κ3) is 2.42. The van der Waals surface area contributed by atoms with Gasteiger partial charge in [0.05, 0.1) is 0 Å². The Labute approximate surface area is 81.8 Å². The van der Waals surface area contributed by atoms with Gasteiger partial charge in [0.15, 0.2) is 0 Å². The summed E-state index contributed by atoms with van der Waals surface area (Å²) in [5.41, 5.74) is -1.34. The number of alkyl halides is 2. The molecule has 0 aromatic carbocycles. The van der Waals surface area contributed by atoms with E-state index in [1.807, 2.05) is 0 Å². The largest absolute Gasteiger partial charge is 0.265 e. The second-order valence-corrected chi connectivity index (χ2v) is 4.00. The predicted molar refractivity (Wildman–Crippen MR) is 40.5 cm³/mol. The summed E-state index contributed by atoms with van der Waals surface area (Å²) in [4.78, 5) is 0.970. The van der Waals surface area contributed by atoms with E-state index >= 15 is 0 Å². The molecule has 0 aliphatic rings. The van der Waals surface area contributed by atoms with Crippen molar-refractivity contribution < 1.29 is 26.0 Å². The molecule has 0 unspecified atom stereocenters. The van der Waals surface area contributed by atoms with Crippen molar-refractivity contribution in [1.82, 2.24) is 4.98 Å². The van der Waals surface area contributed by atoms with Gasteiger partial charge in [-0.15, -0.1) is 0 Å². The van der Waals surface area contributed by atoms with Gasteiger partial charge in [0.25, 0.3) is 6.43 Å². The zero-order chi connectivity index (χ0) is 11.8. The van der Waals surface area contributed by atoms with Crippen LogP contribution in [0.15, 0.2) is 11.0 Å². The molecule has 0 spiro atoms. The number of primary sulfonamides is 1. The Bertz CT molecular complexity index is 488. The monoisotopic (exact) mass is 244 g/mol. The summed E-state index contributed by atoms with van der Waals surface area (Å²) in [5, 5.41) is 4.48. The Kier molecular flexibility index (Phi) is 2.95. The molecule has 0 atom stereocenters. The summed E-state index contributed by atoms with van der Waals surface area (Å²) >= 11 is 0. The first-order valence-corrected chi connectivity index (χ1v) is 4.95. The van der Waals surface area contributed by atoms with Crippen molar-refractivity contribution in [2.75, 3.05) is 0 Å². The molecule has 1 rings (SSSR count). The van der Waals surface area contributed by atoms with Gasteiger partial charge >= 0.3 is 0 Å². The molecule has 1 aromatic rings. The van der Waals surface area contributed by atoms with E-state index in [0.29, 0.717) is 0 Å². The predicted octanol–water partition coefficient (Wildman–Crippen LogP) is 0.945. The lowest BCUT2D eigenvalue weighted by molar-refractivity contribution is 0.145. The Morgan fingerprint density at radius 2 is 1.87 bits per heavy atom. The average molecular weight is 244 g/mol. The van der Waals surface area contributed by atoms with Crippen LogP contribution in [0.3, 0.4) is 0 Å². The molecule has 4 nitrogen and oxygen atoms in total. The SMILES string of the molecule is NS(=O)(=O)c1c(C(F)F)cc(F)nc1F. The molecule has 0 fully saturated rings. The molecule has 9 heteroatoms. The minimum Gasteiger partial charge on any atom is -0.224 e. The number of pyridine rings is 1. The summed E-state index contributed by atoms with van der Waals surface area (Å²) in [6, 6.07) is 0.119. The second-order valence-electron chi connectivity index (χ2n) is 2.50. The van der Waals surface area contributed by atoms with Crippen molar-refractivity contribution in [2.24, 2.45) is 5.14 Å².